The molecule has 34 heavy (non-hydrogen) atoms. The van der Waals surface area contributed by atoms with Crippen LogP contribution in [0.4, 0.5) is 18.9 Å². The van der Waals surface area contributed by atoms with Gasteiger partial charge in [0.25, 0.3) is 0 Å². The first-order valence-corrected chi connectivity index (χ1v) is 10.4. The number of carbonyl (C=O) groups excluding carboxylic acids is 1. The Hall–Kier alpha value is -3.86. The Balaban J connectivity index is 1.49. The molecule has 1 aliphatic rings. The number of anilines is 1. The number of amides is 1. The quantitative estimate of drug-likeness (QED) is 0.544. The molecule has 1 atom stereocenters. The number of benzene rings is 2. The second-order valence-corrected chi connectivity index (χ2v) is 7.79. The van der Waals surface area contributed by atoms with E-state index in [4.69, 9.17) is 15.6 Å². The summed E-state index contributed by atoms with van der Waals surface area (Å²) in [6.07, 6.45) is -4.55. The van der Waals surface area contributed by atoms with Crippen LogP contribution in [0.15, 0.2) is 54.6 Å². The van der Waals surface area contributed by atoms with E-state index >= 15 is 0 Å². The fraction of sp³-hybridized carbons (Fsp3) is 0.261. The number of carboxylic acid groups (broad SMARTS) is 1. The average molecular weight is 474 g/mol. The number of carbonyl (C=O) groups is 2. The van der Waals surface area contributed by atoms with E-state index < -0.39 is 36.2 Å². The van der Waals surface area contributed by atoms with Gasteiger partial charge in [0.05, 0.1) is 18.2 Å². The van der Waals surface area contributed by atoms with Crippen molar-refractivity contribution in [2.24, 2.45) is 5.73 Å². The largest absolute Gasteiger partial charge is 0.487 e. The maximum Gasteiger partial charge on any atom is 0.433 e. The zero-order valence-electron chi connectivity index (χ0n) is 17.8. The number of alkyl halides is 3. The fourth-order valence-electron chi connectivity index (χ4n) is 3.80. The summed E-state index contributed by atoms with van der Waals surface area (Å²) in [6.45, 7) is 0.162. The Morgan fingerprint density at radius 3 is 2.56 bits per heavy atom. The molecule has 3 N–H and O–H groups in total. The standard InChI is InChI=1S/C23H21F3N4O4/c24-23(25,26)20-11-15(28-30(20)16-4-2-1-3-5-16)13-34-17-6-7-19-14(10-17)8-9-29(19)22(33)18(27)12-21(31)32/h1-7,10-11,18H,8-9,12-13,27H2,(H,31,32). The molecule has 1 unspecified atom stereocenters. The number of aromatic nitrogens is 2. The predicted octanol–water partition coefficient (Wildman–Crippen LogP) is 3.16. The van der Waals surface area contributed by atoms with E-state index in [1.165, 1.54) is 17.0 Å². The second-order valence-electron chi connectivity index (χ2n) is 7.79. The second kappa shape index (κ2) is 9.18. The summed E-state index contributed by atoms with van der Waals surface area (Å²) in [5.41, 5.74) is 6.57. The lowest BCUT2D eigenvalue weighted by Crippen LogP contribution is -2.44. The van der Waals surface area contributed by atoms with E-state index in [1.54, 1.807) is 36.4 Å². The van der Waals surface area contributed by atoms with Crippen LogP contribution in [-0.4, -0.2) is 39.4 Å². The van der Waals surface area contributed by atoms with Crippen molar-refractivity contribution >= 4 is 17.6 Å². The first kappa shape index (κ1) is 23.3. The van der Waals surface area contributed by atoms with E-state index in [0.717, 1.165) is 16.3 Å². The highest BCUT2D eigenvalue weighted by atomic mass is 19.4. The van der Waals surface area contributed by atoms with Gasteiger partial charge in [0, 0.05) is 12.2 Å². The molecule has 3 aromatic rings. The minimum absolute atomic E-state index is 0.105. The third-order valence-electron chi connectivity index (χ3n) is 5.36. The molecule has 178 valence electrons. The summed E-state index contributed by atoms with van der Waals surface area (Å²) in [7, 11) is 0. The number of nitrogens with two attached hydrogens (primary N) is 1. The molecular weight excluding hydrogens is 453 g/mol. The molecule has 1 aliphatic heterocycles. The van der Waals surface area contributed by atoms with Gasteiger partial charge in [-0.05, 0) is 48.4 Å². The molecule has 2 heterocycles. The van der Waals surface area contributed by atoms with Crippen LogP contribution < -0.4 is 15.4 Å². The summed E-state index contributed by atoms with van der Waals surface area (Å²) >= 11 is 0. The number of hydrogen-bond donors (Lipinski definition) is 2. The molecule has 0 spiro atoms. The highest BCUT2D eigenvalue weighted by Crippen LogP contribution is 2.34. The minimum atomic E-state index is -4.59. The number of hydrogen-bond acceptors (Lipinski definition) is 5. The molecule has 0 fully saturated rings. The van der Waals surface area contributed by atoms with E-state index in [0.29, 0.717) is 24.4 Å². The van der Waals surface area contributed by atoms with Crippen molar-refractivity contribution in [3.63, 3.8) is 0 Å². The minimum Gasteiger partial charge on any atom is -0.487 e. The SMILES string of the molecule is NC(CC(=O)O)C(=O)N1CCc2cc(OCc3cc(C(F)(F)F)n(-c4ccccc4)n3)ccc21. The van der Waals surface area contributed by atoms with Crippen molar-refractivity contribution in [2.45, 2.75) is 31.7 Å². The van der Waals surface area contributed by atoms with Gasteiger partial charge in [-0.25, -0.2) is 4.68 Å². The van der Waals surface area contributed by atoms with Crippen LogP contribution in [0.1, 0.15) is 23.4 Å². The topological polar surface area (TPSA) is 111 Å². The number of ether oxygens (including phenoxy) is 1. The van der Waals surface area contributed by atoms with Crippen molar-refractivity contribution < 1.29 is 32.6 Å². The zero-order valence-corrected chi connectivity index (χ0v) is 17.8. The fourth-order valence-corrected chi connectivity index (χ4v) is 3.80. The summed E-state index contributed by atoms with van der Waals surface area (Å²) in [6, 6.07) is 12.7. The van der Waals surface area contributed by atoms with Gasteiger partial charge in [0.15, 0.2) is 0 Å². The molecule has 0 saturated heterocycles. The Morgan fingerprint density at radius 1 is 1.15 bits per heavy atom. The first-order valence-electron chi connectivity index (χ1n) is 10.4. The molecule has 8 nitrogen and oxygen atoms in total. The van der Waals surface area contributed by atoms with Gasteiger partial charge < -0.3 is 20.5 Å². The van der Waals surface area contributed by atoms with Crippen LogP contribution in [-0.2, 0) is 28.8 Å². The molecule has 0 aliphatic carbocycles. The highest BCUT2D eigenvalue weighted by molar-refractivity contribution is 6.00. The van der Waals surface area contributed by atoms with E-state index in [1.807, 2.05) is 0 Å². The molecule has 2 aromatic carbocycles. The number of halogens is 3. The van der Waals surface area contributed by atoms with Crippen molar-refractivity contribution in [2.75, 3.05) is 11.4 Å². The monoisotopic (exact) mass is 474 g/mol. The zero-order chi connectivity index (χ0) is 24.5. The summed E-state index contributed by atoms with van der Waals surface area (Å²) in [5.74, 6) is -1.24. The van der Waals surface area contributed by atoms with Crippen molar-refractivity contribution in [3.05, 3.63) is 71.5 Å². The first-order chi connectivity index (χ1) is 16.1. The van der Waals surface area contributed by atoms with E-state index in [2.05, 4.69) is 5.10 Å². The van der Waals surface area contributed by atoms with Gasteiger partial charge in [0.1, 0.15) is 23.7 Å². The normalized spacial score (nSPS) is 14.1. The maximum absolute atomic E-state index is 13.5. The van der Waals surface area contributed by atoms with Crippen LogP contribution in [0.5, 0.6) is 5.75 Å². The molecule has 0 saturated carbocycles. The smallest absolute Gasteiger partial charge is 0.433 e. The van der Waals surface area contributed by atoms with Crippen LogP contribution in [0.3, 0.4) is 0 Å². The lowest BCUT2D eigenvalue weighted by molar-refractivity contribution is -0.143. The van der Waals surface area contributed by atoms with Crippen LogP contribution >= 0.6 is 0 Å². The van der Waals surface area contributed by atoms with Crippen molar-refractivity contribution in [3.8, 4) is 11.4 Å². The molecular formula is C23H21F3N4O4. The van der Waals surface area contributed by atoms with Crippen molar-refractivity contribution in [1.29, 1.82) is 0 Å². The maximum atomic E-state index is 13.5. The third-order valence-corrected chi connectivity index (χ3v) is 5.36. The van der Waals surface area contributed by atoms with Crippen LogP contribution in [0.25, 0.3) is 5.69 Å². The molecule has 1 aromatic heterocycles. The number of carboxylic acids is 1. The molecule has 0 radical (unpaired) electrons. The summed E-state index contributed by atoms with van der Waals surface area (Å²) in [5, 5.41) is 12.9. The number of para-hydroxylation sites is 1. The molecule has 4 rings (SSSR count). The summed E-state index contributed by atoms with van der Waals surface area (Å²) < 4.78 is 47.1. The number of aliphatic carboxylic acids is 1. The predicted molar refractivity (Wildman–Crippen MR) is 116 cm³/mol. The molecule has 11 heteroatoms. The van der Waals surface area contributed by atoms with Gasteiger partial charge in [-0.15, -0.1) is 0 Å². The Bertz CT molecular complexity index is 1210. The summed E-state index contributed by atoms with van der Waals surface area (Å²) in [4.78, 5) is 24.7. The Morgan fingerprint density at radius 2 is 1.88 bits per heavy atom. The number of fused-ring (bicyclic) bond motifs is 1. The lowest BCUT2D eigenvalue weighted by Gasteiger charge is -2.20. The van der Waals surface area contributed by atoms with Gasteiger partial charge >= 0.3 is 12.1 Å². The molecule has 1 amide bonds. The number of rotatable bonds is 7. The van der Waals surface area contributed by atoms with Gasteiger partial charge in [-0.1, -0.05) is 18.2 Å². The van der Waals surface area contributed by atoms with Gasteiger partial charge in [0.2, 0.25) is 5.91 Å². The van der Waals surface area contributed by atoms with Crippen molar-refractivity contribution in [1.82, 2.24) is 9.78 Å². The Labute approximate surface area is 192 Å². The number of nitrogens with zero attached hydrogens (tertiary/aromatic N) is 3. The van der Waals surface area contributed by atoms with Gasteiger partial charge in [-0.2, -0.15) is 18.3 Å². The van der Waals surface area contributed by atoms with E-state index in [9.17, 15) is 22.8 Å². The lowest BCUT2D eigenvalue weighted by atomic mass is 10.1. The van der Waals surface area contributed by atoms with Crippen LogP contribution in [0.2, 0.25) is 0 Å². The average Bonchev–Trinajstić information content (AvgIpc) is 3.41. The van der Waals surface area contributed by atoms with E-state index in [-0.39, 0.29) is 18.0 Å². The molecule has 0 bridgehead atoms. The van der Waals surface area contributed by atoms with Crippen LogP contribution in [0, 0.1) is 0 Å². The highest BCUT2D eigenvalue weighted by Gasteiger charge is 2.36. The van der Waals surface area contributed by atoms with Gasteiger partial charge in [-0.3, -0.25) is 9.59 Å². The third kappa shape index (κ3) is 4.88. The Kier molecular flexibility index (Phi) is 6.29.